The minimum Gasteiger partial charge on any atom is -0.868 e. The first kappa shape index (κ1) is 19.6. The highest BCUT2D eigenvalue weighted by molar-refractivity contribution is 5.81. The molecule has 0 aromatic carbocycles. The van der Waals surface area contributed by atoms with Gasteiger partial charge in [-0.1, -0.05) is 51.9 Å². The number of hydrogen-bond donors (Lipinski definition) is 1. The van der Waals surface area contributed by atoms with E-state index in [4.69, 9.17) is 0 Å². The minimum atomic E-state index is -0.276. The van der Waals surface area contributed by atoms with Gasteiger partial charge in [0.2, 0.25) is 0 Å². The number of aryl methyl sites for hydroxylation is 1. The van der Waals surface area contributed by atoms with E-state index in [-0.39, 0.29) is 17.9 Å². The Balaban J connectivity index is 2.38. The third-order valence-corrected chi connectivity index (χ3v) is 4.45. The highest BCUT2D eigenvalue weighted by Gasteiger charge is 2.14. The number of nitrogens with zero attached hydrogens (tertiary/aromatic N) is 1. The zero-order valence-corrected chi connectivity index (χ0v) is 14.6. The van der Waals surface area contributed by atoms with Gasteiger partial charge in [0.25, 0.3) is 0 Å². The lowest BCUT2D eigenvalue weighted by molar-refractivity contribution is -0.706. The van der Waals surface area contributed by atoms with Crippen molar-refractivity contribution < 1.29 is 19.6 Å². The van der Waals surface area contributed by atoms with Gasteiger partial charge in [0.15, 0.2) is 11.9 Å². The Morgan fingerprint density at radius 3 is 2.17 bits per heavy atom. The van der Waals surface area contributed by atoms with Crippen molar-refractivity contribution >= 4 is 6.29 Å². The van der Waals surface area contributed by atoms with Gasteiger partial charge in [-0.3, -0.25) is 4.79 Å². The van der Waals surface area contributed by atoms with Gasteiger partial charge < -0.3 is 10.2 Å². The highest BCUT2D eigenvalue weighted by atomic mass is 16.3. The number of carbonyl (C=O) groups is 1. The molecule has 0 bridgehead atoms. The van der Waals surface area contributed by atoms with Crippen LogP contribution in [0.4, 0.5) is 0 Å². The first-order chi connectivity index (χ1) is 11.2. The quantitative estimate of drug-likeness (QED) is 0.365. The van der Waals surface area contributed by atoms with Crippen molar-refractivity contribution in [3.8, 4) is 5.75 Å². The number of rotatable bonds is 12. The molecule has 0 radical (unpaired) electrons. The standard InChI is InChI=1S/C19H31NO3/c1-3-4-5-6-7-8-9-10-11-12-20-13-17(14-21)18(15-22)19(23)16(20)2/h13,15,21H,3-12,14H2,1-2H3. The number of unbranched alkanes of at least 4 members (excludes halogenated alkanes) is 8. The van der Waals surface area contributed by atoms with E-state index in [2.05, 4.69) is 6.92 Å². The van der Waals surface area contributed by atoms with E-state index in [9.17, 15) is 15.0 Å². The molecule has 0 saturated carbocycles. The Morgan fingerprint density at radius 2 is 1.65 bits per heavy atom. The zero-order valence-electron chi connectivity index (χ0n) is 14.6. The molecular weight excluding hydrogens is 290 g/mol. The third kappa shape index (κ3) is 6.30. The Hall–Kier alpha value is -1.42. The predicted molar refractivity (Wildman–Crippen MR) is 89.4 cm³/mol. The van der Waals surface area contributed by atoms with Crippen LogP contribution in [0.2, 0.25) is 0 Å². The summed E-state index contributed by atoms with van der Waals surface area (Å²) in [5, 5.41) is 21.4. The van der Waals surface area contributed by atoms with E-state index < -0.39 is 0 Å². The molecule has 4 heteroatoms. The van der Waals surface area contributed by atoms with Crippen molar-refractivity contribution in [1.82, 2.24) is 0 Å². The van der Waals surface area contributed by atoms with Crippen molar-refractivity contribution in [2.24, 2.45) is 0 Å². The molecule has 4 nitrogen and oxygen atoms in total. The molecule has 0 amide bonds. The van der Waals surface area contributed by atoms with E-state index in [1.165, 1.54) is 44.9 Å². The van der Waals surface area contributed by atoms with Crippen LogP contribution in [0.25, 0.3) is 0 Å². The molecule has 0 fully saturated rings. The summed E-state index contributed by atoms with van der Waals surface area (Å²) >= 11 is 0. The second kappa shape index (κ2) is 11.2. The smallest absolute Gasteiger partial charge is 0.175 e. The van der Waals surface area contributed by atoms with Crippen LogP contribution < -0.4 is 9.67 Å². The van der Waals surface area contributed by atoms with Gasteiger partial charge in [-0.15, -0.1) is 0 Å². The molecule has 1 N–H and O–H groups in total. The Morgan fingerprint density at radius 1 is 1.09 bits per heavy atom. The average Bonchev–Trinajstić information content (AvgIpc) is 2.56. The third-order valence-electron chi connectivity index (χ3n) is 4.45. The van der Waals surface area contributed by atoms with Crippen molar-refractivity contribution in [2.45, 2.75) is 84.8 Å². The summed E-state index contributed by atoms with van der Waals surface area (Å²) in [6, 6.07) is 0. The second-order valence-electron chi connectivity index (χ2n) is 6.28. The van der Waals surface area contributed by atoms with Crippen molar-refractivity contribution in [3.05, 3.63) is 23.0 Å². The number of aliphatic hydroxyl groups is 1. The van der Waals surface area contributed by atoms with Gasteiger partial charge >= 0.3 is 0 Å². The molecular formula is C19H31NO3. The lowest BCUT2D eigenvalue weighted by atomic mass is 10.1. The van der Waals surface area contributed by atoms with Crippen LogP contribution in [0.1, 0.15) is 86.3 Å². The fourth-order valence-electron chi connectivity index (χ4n) is 2.91. The number of aromatic nitrogens is 1. The van der Waals surface area contributed by atoms with Gasteiger partial charge in [-0.05, 0) is 12.2 Å². The normalized spacial score (nSPS) is 10.9. The van der Waals surface area contributed by atoms with Gasteiger partial charge in [-0.2, -0.15) is 0 Å². The Bertz CT molecular complexity index is 486. The summed E-state index contributed by atoms with van der Waals surface area (Å²) in [5.41, 5.74) is 1.09. The van der Waals surface area contributed by atoms with Gasteiger partial charge in [-0.25, -0.2) is 4.57 Å². The molecule has 0 aliphatic heterocycles. The summed E-state index contributed by atoms with van der Waals surface area (Å²) in [4.78, 5) is 11.0. The minimum absolute atomic E-state index is 0.0910. The summed E-state index contributed by atoms with van der Waals surface area (Å²) < 4.78 is 1.88. The topological polar surface area (TPSA) is 64.2 Å². The highest BCUT2D eigenvalue weighted by Crippen LogP contribution is 2.18. The largest absolute Gasteiger partial charge is 0.868 e. The molecule has 0 aliphatic carbocycles. The van der Waals surface area contributed by atoms with E-state index in [1.54, 1.807) is 13.1 Å². The zero-order chi connectivity index (χ0) is 17.1. The van der Waals surface area contributed by atoms with Crippen molar-refractivity contribution in [2.75, 3.05) is 0 Å². The van der Waals surface area contributed by atoms with Gasteiger partial charge in [0.05, 0.1) is 12.2 Å². The molecule has 1 heterocycles. The number of carbonyl (C=O) groups excluding carboxylic acids is 1. The molecule has 0 atom stereocenters. The molecule has 1 aromatic heterocycles. The number of aldehydes is 1. The maximum atomic E-state index is 12.1. The average molecular weight is 321 g/mol. The van der Waals surface area contributed by atoms with E-state index in [0.717, 1.165) is 19.4 Å². The molecule has 0 aliphatic rings. The van der Waals surface area contributed by atoms with Crippen LogP contribution in [0.15, 0.2) is 6.20 Å². The maximum absolute atomic E-state index is 12.1. The lowest BCUT2D eigenvalue weighted by Gasteiger charge is -2.15. The molecule has 23 heavy (non-hydrogen) atoms. The van der Waals surface area contributed by atoms with Crippen LogP contribution in [0.3, 0.4) is 0 Å². The van der Waals surface area contributed by atoms with Crippen LogP contribution in [0.5, 0.6) is 5.75 Å². The second-order valence-corrected chi connectivity index (χ2v) is 6.28. The fourth-order valence-corrected chi connectivity index (χ4v) is 2.91. The number of hydrogen-bond acceptors (Lipinski definition) is 3. The Labute approximate surface area is 140 Å². The van der Waals surface area contributed by atoms with E-state index in [1.807, 2.05) is 4.57 Å². The van der Waals surface area contributed by atoms with Gasteiger partial charge in [0, 0.05) is 18.9 Å². The summed E-state index contributed by atoms with van der Waals surface area (Å²) in [5.74, 6) is -0.262. The molecule has 0 unspecified atom stereocenters. The fraction of sp³-hybridized carbons (Fsp3) is 0.684. The van der Waals surface area contributed by atoms with Gasteiger partial charge in [0.1, 0.15) is 12.8 Å². The van der Waals surface area contributed by atoms with Crippen molar-refractivity contribution in [3.63, 3.8) is 0 Å². The summed E-state index contributed by atoms with van der Waals surface area (Å²) in [6.45, 7) is 4.46. The molecule has 1 rings (SSSR count). The maximum Gasteiger partial charge on any atom is 0.175 e. The lowest BCUT2D eigenvalue weighted by Crippen LogP contribution is -2.39. The van der Waals surface area contributed by atoms with Crippen LogP contribution in [0, 0.1) is 6.92 Å². The van der Waals surface area contributed by atoms with Crippen LogP contribution in [-0.4, -0.2) is 11.4 Å². The summed E-state index contributed by atoms with van der Waals surface area (Å²) in [6.07, 6.45) is 13.6. The predicted octanol–water partition coefficient (Wildman–Crippen LogP) is 3.19. The Kier molecular flexibility index (Phi) is 9.53. The SMILES string of the molecule is CCCCCCCCCCC[n+]1cc(CO)c(C=O)c([O-])c1C. The molecule has 1 aromatic rings. The van der Waals surface area contributed by atoms with Crippen molar-refractivity contribution in [1.29, 1.82) is 0 Å². The molecule has 130 valence electrons. The summed E-state index contributed by atoms with van der Waals surface area (Å²) in [7, 11) is 0. The first-order valence-electron chi connectivity index (χ1n) is 8.94. The van der Waals surface area contributed by atoms with E-state index >= 15 is 0 Å². The van der Waals surface area contributed by atoms with Crippen LogP contribution in [-0.2, 0) is 13.2 Å². The van der Waals surface area contributed by atoms with Crippen LogP contribution >= 0.6 is 0 Å². The number of pyridine rings is 1. The number of aliphatic hydroxyl groups excluding tert-OH is 1. The molecule has 0 saturated heterocycles. The molecule has 0 spiro atoms. The first-order valence-corrected chi connectivity index (χ1v) is 8.94. The monoisotopic (exact) mass is 321 g/mol. The van der Waals surface area contributed by atoms with E-state index in [0.29, 0.717) is 17.5 Å².